The normalized spacial score (nSPS) is 31.7. The molecule has 3 aliphatic rings. The van der Waals surface area contributed by atoms with Gasteiger partial charge >= 0.3 is 0 Å². The molecule has 4 heterocycles. The van der Waals surface area contributed by atoms with Gasteiger partial charge in [-0.05, 0) is 44.7 Å². The van der Waals surface area contributed by atoms with E-state index in [0.717, 1.165) is 34.0 Å². The van der Waals surface area contributed by atoms with Crippen molar-refractivity contribution >= 4 is 43.7 Å². The third-order valence-corrected chi connectivity index (χ3v) is 6.10. The Labute approximate surface area is 126 Å². The molecule has 2 atom stereocenters. The summed E-state index contributed by atoms with van der Waals surface area (Å²) < 4.78 is 1.62. The zero-order chi connectivity index (χ0) is 13.4. The van der Waals surface area contributed by atoms with Crippen LogP contribution in [0.2, 0.25) is 0 Å². The highest BCUT2D eigenvalue weighted by Crippen LogP contribution is 2.51. The molecule has 0 radical (unpaired) electrons. The summed E-state index contributed by atoms with van der Waals surface area (Å²) in [5, 5.41) is 3.22. The third kappa shape index (κ3) is 1.26. The Kier molecular flexibility index (Phi) is 2.20. The minimum atomic E-state index is -0.474. The van der Waals surface area contributed by atoms with Crippen LogP contribution >= 0.6 is 31.9 Å². The number of hydrogen-bond donors (Lipinski definition) is 3. The molecule has 0 aromatic carbocycles. The second kappa shape index (κ2) is 3.54. The Morgan fingerprint density at radius 2 is 2.26 bits per heavy atom. The summed E-state index contributed by atoms with van der Waals surface area (Å²) in [5.74, 6) is 0.411. The Bertz CT molecular complexity index is 639. The minimum Gasteiger partial charge on any atom is -0.370 e. The second-order valence-electron chi connectivity index (χ2n) is 5.07. The van der Waals surface area contributed by atoms with Gasteiger partial charge in [-0.15, -0.1) is 0 Å². The molecule has 1 fully saturated rings. The van der Waals surface area contributed by atoms with Crippen molar-refractivity contribution in [2.75, 3.05) is 6.54 Å². The van der Waals surface area contributed by atoms with Gasteiger partial charge < -0.3 is 20.9 Å². The van der Waals surface area contributed by atoms with Gasteiger partial charge in [-0.3, -0.25) is 4.79 Å². The number of hydrogen-bond acceptors (Lipinski definition) is 4. The maximum Gasteiger partial charge on any atom is 0.272 e. The Morgan fingerprint density at radius 3 is 3.05 bits per heavy atom. The number of aromatic nitrogens is 1. The van der Waals surface area contributed by atoms with Crippen LogP contribution in [-0.4, -0.2) is 34.0 Å². The van der Waals surface area contributed by atoms with Gasteiger partial charge in [-0.25, -0.2) is 4.99 Å². The van der Waals surface area contributed by atoms with Crippen LogP contribution in [-0.2, 0) is 0 Å². The molecule has 100 valence electrons. The van der Waals surface area contributed by atoms with Gasteiger partial charge in [0.2, 0.25) is 0 Å². The number of nitrogens with one attached hydrogen (secondary N) is 2. The number of H-pyrrole nitrogens is 1. The van der Waals surface area contributed by atoms with Crippen LogP contribution in [0, 0.1) is 0 Å². The number of rotatable bonds is 0. The number of nitrogens with two attached hydrogens (primary N) is 1. The predicted molar refractivity (Wildman–Crippen MR) is 76.7 cm³/mol. The Morgan fingerprint density at radius 1 is 1.47 bits per heavy atom. The lowest BCUT2D eigenvalue weighted by Gasteiger charge is -2.42. The Balaban J connectivity index is 2.01. The first kappa shape index (κ1) is 11.8. The summed E-state index contributed by atoms with van der Waals surface area (Å²) in [5.41, 5.74) is 6.88. The van der Waals surface area contributed by atoms with E-state index in [1.807, 2.05) is 4.90 Å². The molecule has 1 aromatic rings. The first-order chi connectivity index (χ1) is 9.04. The van der Waals surface area contributed by atoms with E-state index in [4.69, 9.17) is 5.73 Å². The highest BCUT2D eigenvalue weighted by molar-refractivity contribution is 9.13. The number of guanidine groups is 1. The first-order valence-electron chi connectivity index (χ1n) is 6.05. The number of aromatic amines is 1. The van der Waals surface area contributed by atoms with E-state index in [9.17, 15) is 4.79 Å². The standard InChI is InChI=1S/C11H11Br2N5O/c12-5-4-6(15-8(5)13)9(19)18-3-1-2-11(18)7(4)16-10(14)17-11/h7,15H,1-3H2,(H3,14,16,17)/t7-,11?/m0/s1. The molecule has 3 aliphatic heterocycles. The van der Waals surface area contributed by atoms with Gasteiger partial charge in [-0.1, -0.05) is 0 Å². The van der Waals surface area contributed by atoms with E-state index in [0.29, 0.717) is 11.7 Å². The topological polar surface area (TPSA) is 86.5 Å². The monoisotopic (exact) mass is 387 g/mol. The maximum absolute atomic E-state index is 12.6. The fourth-order valence-corrected chi connectivity index (χ4v) is 4.36. The first-order valence-corrected chi connectivity index (χ1v) is 7.63. The van der Waals surface area contributed by atoms with E-state index in [2.05, 4.69) is 47.2 Å². The average molecular weight is 389 g/mol. The van der Waals surface area contributed by atoms with E-state index < -0.39 is 5.66 Å². The molecule has 1 spiro atoms. The summed E-state index contributed by atoms with van der Waals surface area (Å²) >= 11 is 6.95. The Hall–Kier alpha value is -1.02. The summed E-state index contributed by atoms with van der Waals surface area (Å²) in [6, 6.07) is -0.153. The molecule has 0 bridgehead atoms. The fourth-order valence-electron chi connectivity index (χ4n) is 3.43. The zero-order valence-electron chi connectivity index (χ0n) is 9.83. The van der Waals surface area contributed by atoms with Gasteiger partial charge in [0.05, 0.1) is 9.08 Å². The molecule has 6 nitrogen and oxygen atoms in total. The van der Waals surface area contributed by atoms with Crippen molar-refractivity contribution in [1.82, 2.24) is 15.2 Å². The highest BCUT2D eigenvalue weighted by Gasteiger charge is 2.58. The SMILES string of the molecule is NC1=N[C@H]2c3c([nH]c(Br)c3Br)C(=O)N3CCCC23N1. The van der Waals surface area contributed by atoms with Crippen LogP contribution in [0.25, 0.3) is 0 Å². The van der Waals surface area contributed by atoms with Crippen LogP contribution in [0.5, 0.6) is 0 Å². The number of halogens is 2. The quantitative estimate of drug-likeness (QED) is 0.628. The number of aliphatic imine (C=N–C) groups is 1. The molecule has 1 aromatic heterocycles. The van der Waals surface area contributed by atoms with E-state index >= 15 is 0 Å². The maximum atomic E-state index is 12.6. The highest BCUT2D eigenvalue weighted by atomic mass is 79.9. The number of nitrogens with zero attached hydrogens (tertiary/aromatic N) is 2. The molecule has 4 N–H and O–H groups in total. The molecule has 1 saturated heterocycles. The molecular formula is C11H11Br2N5O. The number of fused-ring (bicyclic) bond motifs is 2. The van der Waals surface area contributed by atoms with Crippen LogP contribution in [0.1, 0.15) is 34.9 Å². The molecule has 0 aliphatic carbocycles. The second-order valence-corrected chi connectivity index (χ2v) is 6.65. The molecular weight excluding hydrogens is 378 g/mol. The van der Waals surface area contributed by atoms with Crippen LogP contribution in [0.3, 0.4) is 0 Å². The van der Waals surface area contributed by atoms with E-state index in [1.54, 1.807) is 0 Å². The van der Waals surface area contributed by atoms with Gasteiger partial charge in [0.15, 0.2) is 5.96 Å². The largest absolute Gasteiger partial charge is 0.370 e. The van der Waals surface area contributed by atoms with Crippen molar-refractivity contribution in [1.29, 1.82) is 0 Å². The van der Waals surface area contributed by atoms with E-state index in [1.165, 1.54) is 0 Å². The molecule has 4 rings (SSSR count). The summed E-state index contributed by atoms with van der Waals surface area (Å²) in [4.78, 5) is 22.1. The van der Waals surface area contributed by atoms with Crippen molar-refractivity contribution in [3.05, 3.63) is 20.3 Å². The molecule has 0 saturated carbocycles. The van der Waals surface area contributed by atoms with Crippen molar-refractivity contribution in [2.45, 2.75) is 24.5 Å². The van der Waals surface area contributed by atoms with Gasteiger partial charge in [0.25, 0.3) is 5.91 Å². The van der Waals surface area contributed by atoms with Crippen LogP contribution in [0.15, 0.2) is 14.1 Å². The number of amides is 1. The van der Waals surface area contributed by atoms with Gasteiger partial charge in [0.1, 0.15) is 17.4 Å². The van der Waals surface area contributed by atoms with Crippen LogP contribution < -0.4 is 11.1 Å². The molecule has 19 heavy (non-hydrogen) atoms. The van der Waals surface area contributed by atoms with Gasteiger partial charge in [-0.2, -0.15) is 0 Å². The summed E-state index contributed by atoms with van der Waals surface area (Å²) in [6.45, 7) is 0.735. The predicted octanol–water partition coefficient (Wildman–Crippen LogP) is 1.44. The zero-order valence-corrected chi connectivity index (χ0v) is 13.0. The molecule has 1 amide bonds. The third-order valence-electron chi connectivity index (χ3n) is 4.15. The van der Waals surface area contributed by atoms with Crippen molar-refractivity contribution in [3.8, 4) is 0 Å². The van der Waals surface area contributed by atoms with Crippen LogP contribution in [0.4, 0.5) is 0 Å². The number of carbonyl (C=O) groups excluding carboxylic acids is 1. The summed E-state index contributed by atoms with van der Waals surface area (Å²) in [7, 11) is 0. The van der Waals surface area contributed by atoms with Gasteiger partial charge in [0, 0.05) is 12.1 Å². The van der Waals surface area contributed by atoms with Crippen molar-refractivity contribution < 1.29 is 4.79 Å². The lowest BCUT2D eigenvalue weighted by molar-refractivity contribution is 0.0464. The van der Waals surface area contributed by atoms with E-state index in [-0.39, 0.29) is 11.9 Å². The minimum absolute atomic E-state index is 0.00699. The number of carbonyl (C=O) groups is 1. The van der Waals surface area contributed by atoms with Crippen molar-refractivity contribution in [2.24, 2.45) is 10.7 Å². The smallest absolute Gasteiger partial charge is 0.272 e. The molecule has 8 heteroatoms. The lowest BCUT2D eigenvalue weighted by atomic mass is 9.88. The fraction of sp³-hybridized carbons (Fsp3) is 0.455. The summed E-state index contributed by atoms with van der Waals surface area (Å²) in [6.07, 6.45) is 1.82. The average Bonchev–Trinajstić information content (AvgIpc) is 2.99. The lowest BCUT2D eigenvalue weighted by Crippen LogP contribution is -2.61. The molecule has 1 unspecified atom stereocenters. The van der Waals surface area contributed by atoms with Crippen molar-refractivity contribution in [3.63, 3.8) is 0 Å².